The highest BCUT2D eigenvalue weighted by atomic mass is 19.2. The highest BCUT2D eigenvalue weighted by Crippen LogP contribution is 2.31. The van der Waals surface area contributed by atoms with Gasteiger partial charge in [-0.05, 0) is 47.0 Å². The monoisotopic (exact) mass is 531 g/mol. The third-order valence-corrected chi connectivity index (χ3v) is 5.90. The normalized spacial score (nSPS) is 11.4. The molecule has 8 heteroatoms. The molecule has 0 aliphatic carbocycles. The highest BCUT2D eigenvalue weighted by Gasteiger charge is 2.24. The first-order chi connectivity index (χ1) is 18.9. The first kappa shape index (κ1) is 27.3. The lowest BCUT2D eigenvalue weighted by molar-refractivity contribution is -0.142. The second kappa shape index (κ2) is 13.2. The quantitative estimate of drug-likeness (QED) is 0.254. The second-order valence-electron chi connectivity index (χ2n) is 8.71. The minimum Gasteiger partial charge on any atom is -0.485 e. The maximum Gasteiger partial charge on any atom is 0.328 e. The minimum atomic E-state index is -1.16. The van der Waals surface area contributed by atoms with Crippen LogP contribution in [0.25, 0.3) is 0 Å². The molecule has 0 saturated heterocycles. The van der Waals surface area contributed by atoms with Crippen molar-refractivity contribution in [3.05, 3.63) is 131 Å². The van der Waals surface area contributed by atoms with Crippen molar-refractivity contribution < 1.29 is 32.6 Å². The van der Waals surface area contributed by atoms with Crippen LogP contribution in [0.1, 0.15) is 27.0 Å². The minimum absolute atomic E-state index is 0.0583. The van der Waals surface area contributed by atoms with Crippen molar-refractivity contribution in [2.75, 3.05) is 7.11 Å². The number of carbonyl (C=O) groups is 2. The van der Waals surface area contributed by atoms with Gasteiger partial charge in [-0.1, -0.05) is 66.7 Å². The van der Waals surface area contributed by atoms with Gasteiger partial charge in [0.2, 0.25) is 0 Å². The van der Waals surface area contributed by atoms with E-state index in [-0.39, 0.29) is 12.0 Å². The van der Waals surface area contributed by atoms with E-state index in [9.17, 15) is 18.4 Å². The molecule has 1 N–H and O–H groups in total. The molecule has 0 spiro atoms. The largest absolute Gasteiger partial charge is 0.485 e. The molecular formula is C31H27F2NO5. The molecule has 4 aromatic carbocycles. The lowest BCUT2D eigenvalue weighted by Crippen LogP contribution is -2.43. The van der Waals surface area contributed by atoms with Crippen molar-refractivity contribution in [2.45, 2.75) is 25.7 Å². The summed E-state index contributed by atoms with van der Waals surface area (Å²) in [6, 6.07) is 26.2. The van der Waals surface area contributed by atoms with Crippen LogP contribution in [0.15, 0.2) is 97.1 Å². The van der Waals surface area contributed by atoms with Gasteiger partial charge in [-0.15, -0.1) is 0 Å². The lowest BCUT2D eigenvalue weighted by Gasteiger charge is -2.19. The number of halogens is 2. The van der Waals surface area contributed by atoms with Crippen LogP contribution in [-0.2, 0) is 29.2 Å². The third-order valence-electron chi connectivity index (χ3n) is 5.90. The van der Waals surface area contributed by atoms with Crippen molar-refractivity contribution in [2.24, 2.45) is 0 Å². The Balaban J connectivity index is 1.54. The van der Waals surface area contributed by atoms with E-state index in [2.05, 4.69) is 5.32 Å². The fourth-order valence-electron chi connectivity index (χ4n) is 3.83. The van der Waals surface area contributed by atoms with Gasteiger partial charge in [0.25, 0.3) is 5.91 Å². The van der Waals surface area contributed by atoms with E-state index in [0.717, 1.165) is 29.3 Å². The van der Waals surface area contributed by atoms with Gasteiger partial charge in [-0.2, -0.15) is 0 Å². The highest BCUT2D eigenvalue weighted by molar-refractivity contribution is 5.96. The van der Waals surface area contributed by atoms with Crippen molar-refractivity contribution in [3.8, 4) is 11.5 Å². The predicted molar refractivity (Wildman–Crippen MR) is 141 cm³/mol. The van der Waals surface area contributed by atoms with E-state index in [1.165, 1.54) is 7.11 Å². The Kier molecular flexibility index (Phi) is 9.24. The van der Waals surface area contributed by atoms with E-state index in [4.69, 9.17) is 14.2 Å². The van der Waals surface area contributed by atoms with Gasteiger partial charge >= 0.3 is 5.97 Å². The molecule has 0 aliphatic heterocycles. The lowest BCUT2D eigenvalue weighted by atomic mass is 10.0. The molecule has 0 aromatic heterocycles. The van der Waals surface area contributed by atoms with Crippen LogP contribution in [0.3, 0.4) is 0 Å². The average molecular weight is 532 g/mol. The number of ether oxygens (including phenoxy) is 3. The molecule has 1 amide bonds. The van der Waals surface area contributed by atoms with Gasteiger partial charge in [-0.3, -0.25) is 4.79 Å². The number of carbonyl (C=O) groups excluding carboxylic acids is 2. The topological polar surface area (TPSA) is 73.9 Å². The molecule has 0 unspecified atom stereocenters. The summed E-state index contributed by atoms with van der Waals surface area (Å²) in [5.74, 6) is -2.70. The fraction of sp³-hybridized carbons (Fsp3) is 0.161. The van der Waals surface area contributed by atoms with Gasteiger partial charge in [-0.25, -0.2) is 13.6 Å². The van der Waals surface area contributed by atoms with Gasteiger partial charge in [0, 0.05) is 12.0 Å². The summed E-state index contributed by atoms with van der Waals surface area (Å²) in [5, 5.41) is 2.54. The van der Waals surface area contributed by atoms with Crippen molar-refractivity contribution >= 4 is 11.9 Å². The summed E-state index contributed by atoms with van der Waals surface area (Å²) < 4.78 is 43.9. The molecule has 0 bridgehead atoms. The van der Waals surface area contributed by atoms with Crippen LogP contribution in [0.5, 0.6) is 11.5 Å². The molecule has 0 aliphatic rings. The van der Waals surface area contributed by atoms with E-state index in [1.54, 1.807) is 18.2 Å². The molecule has 4 rings (SSSR count). The Hall–Kier alpha value is -4.72. The molecule has 1 atom stereocenters. The summed E-state index contributed by atoms with van der Waals surface area (Å²) in [4.78, 5) is 25.2. The molecule has 0 radical (unpaired) electrons. The summed E-state index contributed by atoms with van der Waals surface area (Å²) in [7, 11) is 1.20. The standard InChI is InChI=1S/C31H27F2NO5/c1-37-31(36)27(34-30(35)24-13-14-25(32)26(33)18-24)16-23-12-15-28(38-19-21-8-4-2-5-9-21)29(17-23)39-20-22-10-6-3-7-11-22/h2-15,17-18,27H,16,19-20H2,1H3,(H,34,35)/t27-/m1/s1. The van der Waals surface area contributed by atoms with E-state index < -0.39 is 29.6 Å². The van der Waals surface area contributed by atoms with Crippen LogP contribution in [-0.4, -0.2) is 25.0 Å². The van der Waals surface area contributed by atoms with E-state index in [1.807, 2.05) is 60.7 Å². The molecular weight excluding hydrogens is 504 g/mol. The Morgan fingerprint density at radius 3 is 1.92 bits per heavy atom. The van der Waals surface area contributed by atoms with Crippen molar-refractivity contribution in [1.29, 1.82) is 0 Å². The smallest absolute Gasteiger partial charge is 0.328 e. The van der Waals surface area contributed by atoms with E-state index >= 15 is 0 Å². The SMILES string of the molecule is COC(=O)[C@@H](Cc1ccc(OCc2ccccc2)c(OCc2ccccc2)c1)NC(=O)c1ccc(F)c(F)c1. The van der Waals surface area contributed by atoms with Crippen LogP contribution >= 0.6 is 0 Å². The number of methoxy groups -OCH3 is 1. The Labute approximate surface area is 225 Å². The van der Waals surface area contributed by atoms with Crippen molar-refractivity contribution in [3.63, 3.8) is 0 Å². The zero-order valence-electron chi connectivity index (χ0n) is 21.2. The fourth-order valence-corrected chi connectivity index (χ4v) is 3.83. The molecule has 200 valence electrons. The summed E-state index contributed by atoms with van der Waals surface area (Å²) in [5.41, 5.74) is 2.48. The van der Waals surface area contributed by atoms with Gasteiger partial charge in [0.05, 0.1) is 7.11 Å². The van der Waals surface area contributed by atoms with Crippen LogP contribution in [0, 0.1) is 11.6 Å². The van der Waals surface area contributed by atoms with E-state index in [0.29, 0.717) is 30.3 Å². The zero-order valence-corrected chi connectivity index (χ0v) is 21.2. The third kappa shape index (κ3) is 7.64. The molecule has 4 aromatic rings. The number of hydrogen-bond acceptors (Lipinski definition) is 5. The molecule has 39 heavy (non-hydrogen) atoms. The summed E-state index contributed by atoms with van der Waals surface area (Å²) in [6.45, 7) is 0.621. The maximum absolute atomic E-state index is 13.6. The second-order valence-corrected chi connectivity index (χ2v) is 8.71. The number of benzene rings is 4. The Morgan fingerprint density at radius 1 is 0.718 bits per heavy atom. The first-order valence-corrected chi connectivity index (χ1v) is 12.2. The molecule has 0 fully saturated rings. The number of amides is 1. The van der Waals surface area contributed by atoms with Gasteiger partial charge in [0.1, 0.15) is 19.3 Å². The number of hydrogen-bond donors (Lipinski definition) is 1. The predicted octanol–water partition coefficient (Wildman–Crippen LogP) is 5.64. The van der Waals surface area contributed by atoms with Gasteiger partial charge in [0.15, 0.2) is 23.1 Å². The number of rotatable bonds is 11. The average Bonchev–Trinajstić information content (AvgIpc) is 2.97. The molecule has 0 saturated carbocycles. The first-order valence-electron chi connectivity index (χ1n) is 12.2. The van der Waals surface area contributed by atoms with Crippen LogP contribution < -0.4 is 14.8 Å². The summed E-state index contributed by atoms with van der Waals surface area (Å²) in [6.07, 6.45) is 0.0583. The van der Waals surface area contributed by atoms with Gasteiger partial charge < -0.3 is 19.5 Å². The van der Waals surface area contributed by atoms with Crippen molar-refractivity contribution in [1.82, 2.24) is 5.32 Å². The maximum atomic E-state index is 13.6. The van der Waals surface area contributed by atoms with Crippen LogP contribution in [0.4, 0.5) is 8.78 Å². The zero-order chi connectivity index (χ0) is 27.6. The molecule has 0 heterocycles. The summed E-state index contributed by atoms with van der Waals surface area (Å²) >= 11 is 0. The Morgan fingerprint density at radius 2 is 1.33 bits per heavy atom. The Bertz CT molecular complexity index is 1410. The molecule has 6 nitrogen and oxygen atoms in total. The van der Waals surface area contributed by atoms with Crippen LogP contribution in [0.2, 0.25) is 0 Å². The number of nitrogens with one attached hydrogen (secondary N) is 1. The number of esters is 1.